The third-order valence-electron chi connectivity index (χ3n) is 6.05. The van der Waals surface area contributed by atoms with Crippen molar-refractivity contribution in [3.63, 3.8) is 0 Å². The standard InChI is InChI=1S/C23H25N7O5/c24-19-18-20(30-23(25)29-19)26-10-14(27-18)9-12-3-1-2-11-8-13(4-5-15(11)12)21(33)28-16(22(34)35)6-7-17(31)32/h4-5,8,10,12,16H,1-3,6-7,9H2,(H,28,33)(H,31,32)(H,34,35)(H4,24,25,26,29,30)/t12?,16-/m0/s1. The molecule has 4 rings (SSSR count). The zero-order valence-corrected chi connectivity index (χ0v) is 18.8. The summed E-state index contributed by atoms with van der Waals surface area (Å²) in [5.41, 5.74) is 15.5. The van der Waals surface area contributed by atoms with Gasteiger partial charge in [-0.1, -0.05) is 6.07 Å². The highest BCUT2D eigenvalue weighted by atomic mass is 16.4. The van der Waals surface area contributed by atoms with Crippen LogP contribution in [-0.4, -0.2) is 54.0 Å². The summed E-state index contributed by atoms with van der Waals surface area (Å²) in [6.45, 7) is 0. The number of anilines is 2. The van der Waals surface area contributed by atoms with Gasteiger partial charge < -0.3 is 27.0 Å². The van der Waals surface area contributed by atoms with Gasteiger partial charge in [0.1, 0.15) is 6.04 Å². The molecule has 182 valence electrons. The van der Waals surface area contributed by atoms with E-state index in [1.807, 2.05) is 6.07 Å². The summed E-state index contributed by atoms with van der Waals surface area (Å²) in [5, 5.41) is 20.5. The number of carboxylic acids is 2. The molecule has 0 saturated carbocycles. The Labute approximate surface area is 199 Å². The lowest BCUT2D eigenvalue weighted by Crippen LogP contribution is -2.41. The van der Waals surface area contributed by atoms with Crippen LogP contribution in [-0.2, 0) is 22.4 Å². The lowest BCUT2D eigenvalue weighted by atomic mass is 9.80. The Balaban J connectivity index is 1.51. The minimum Gasteiger partial charge on any atom is -0.481 e. The number of carbonyl (C=O) groups is 3. The number of carboxylic acid groups (broad SMARTS) is 2. The Bertz CT molecular complexity index is 1310. The summed E-state index contributed by atoms with van der Waals surface area (Å²) >= 11 is 0. The number of nitrogens with one attached hydrogen (secondary N) is 1. The van der Waals surface area contributed by atoms with Crippen molar-refractivity contribution < 1.29 is 24.6 Å². The van der Waals surface area contributed by atoms with Gasteiger partial charge in [-0.3, -0.25) is 9.59 Å². The monoisotopic (exact) mass is 479 g/mol. The van der Waals surface area contributed by atoms with E-state index in [0.29, 0.717) is 23.1 Å². The third-order valence-corrected chi connectivity index (χ3v) is 6.05. The molecule has 1 aliphatic carbocycles. The topological polar surface area (TPSA) is 207 Å². The minimum atomic E-state index is -1.28. The predicted octanol–water partition coefficient (Wildman–Crippen LogP) is 1.29. The van der Waals surface area contributed by atoms with E-state index < -0.39 is 23.9 Å². The highest BCUT2D eigenvalue weighted by Gasteiger charge is 2.25. The van der Waals surface area contributed by atoms with Gasteiger partial charge in [-0.2, -0.15) is 9.97 Å². The lowest BCUT2D eigenvalue weighted by Gasteiger charge is -2.26. The number of benzene rings is 1. The van der Waals surface area contributed by atoms with Crippen molar-refractivity contribution in [2.45, 2.75) is 50.5 Å². The molecule has 0 fully saturated rings. The Morgan fingerprint density at radius 1 is 1.14 bits per heavy atom. The van der Waals surface area contributed by atoms with Gasteiger partial charge in [0.05, 0.1) is 11.9 Å². The summed E-state index contributed by atoms with van der Waals surface area (Å²) in [7, 11) is 0. The van der Waals surface area contributed by atoms with E-state index in [1.54, 1.807) is 18.3 Å². The molecule has 2 heterocycles. The van der Waals surface area contributed by atoms with Crippen molar-refractivity contribution in [2.24, 2.45) is 0 Å². The van der Waals surface area contributed by atoms with Crippen molar-refractivity contribution >= 4 is 40.8 Å². The van der Waals surface area contributed by atoms with Crippen LogP contribution in [0.4, 0.5) is 11.8 Å². The Hall–Kier alpha value is -4.35. The van der Waals surface area contributed by atoms with Gasteiger partial charge in [0.2, 0.25) is 5.95 Å². The fraction of sp³-hybridized carbons (Fsp3) is 0.348. The van der Waals surface area contributed by atoms with Crippen LogP contribution in [0.3, 0.4) is 0 Å². The number of rotatable bonds is 8. The van der Waals surface area contributed by atoms with Crippen LogP contribution in [0.15, 0.2) is 24.4 Å². The number of hydrogen-bond donors (Lipinski definition) is 5. The number of fused-ring (bicyclic) bond motifs is 2. The van der Waals surface area contributed by atoms with Crippen LogP contribution in [0.1, 0.15) is 58.8 Å². The molecule has 2 atom stereocenters. The summed E-state index contributed by atoms with van der Waals surface area (Å²) in [5.74, 6) is -2.59. The number of nitrogen functional groups attached to an aromatic ring is 2. The third kappa shape index (κ3) is 5.42. The highest BCUT2D eigenvalue weighted by Crippen LogP contribution is 2.34. The molecule has 12 nitrogen and oxygen atoms in total. The molecule has 0 bridgehead atoms. The van der Waals surface area contributed by atoms with Gasteiger partial charge in [0.15, 0.2) is 17.0 Å². The second kappa shape index (κ2) is 9.87. The molecule has 7 N–H and O–H groups in total. The average molecular weight is 479 g/mol. The number of aryl methyl sites for hydroxylation is 1. The molecular weight excluding hydrogens is 454 g/mol. The Morgan fingerprint density at radius 3 is 2.69 bits per heavy atom. The molecule has 1 aromatic carbocycles. The first-order valence-electron chi connectivity index (χ1n) is 11.1. The summed E-state index contributed by atoms with van der Waals surface area (Å²) in [6.07, 6.45) is 4.35. The minimum absolute atomic E-state index is 0.0367. The fourth-order valence-electron chi connectivity index (χ4n) is 4.37. The molecule has 0 radical (unpaired) electrons. The first kappa shape index (κ1) is 23.8. The van der Waals surface area contributed by atoms with E-state index in [1.165, 1.54) is 0 Å². The van der Waals surface area contributed by atoms with E-state index in [9.17, 15) is 19.5 Å². The number of hydrogen-bond acceptors (Lipinski definition) is 9. The maximum absolute atomic E-state index is 12.7. The van der Waals surface area contributed by atoms with Gasteiger partial charge in [-0.15, -0.1) is 0 Å². The number of nitrogens with two attached hydrogens (primary N) is 2. The van der Waals surface area contributed by atoms with Crippen LogP contribution in [0.25, 0.3) is 11.2 Å². The molecule has 0 saturated heterocycles. The lowest BCUT2D eigenvalue weighted by molar-refractivity contribution is -0.140. The smallest absolute Gasteiger partial charge is 0.326 e. The van der Waals surface area contributed by atoms with E-state index in [4.69, 9.17) is 16.6 Å². The van der Waals surface area contributed by atoms with Gasteiger partial charge in [-0.05, 0) is 61.3 Å². The Kier molecular flexibility index (Phi) is 6.71. The summed E-state index contributed by atoms with van der Waals surface area (Å²) in [4.78, 5) is 51.7. The van der Waals surface area contributed by atoms with Gasteiger partial charge in [0.25, 0.3) is 5.91 Å². The van der Waals surface area contributed by atoms with Crippen molar-refractivity contribution in [1.82, 2.24) is 25.3 Å². The van der Waals surface area contributed by atoms with Gasteiger partial charge in [0, 0.05) is 12.0 Å². The van der Waals surface area contributed by atoms with Crippen LogP contribution < -0.4 is 16.8 Å². The molecule has 1 unspecified atom stereocenters. The van der Waals surface area contributed by atoms with Gasteiger partial charge >= 0.3 is 11.9 Å². The fourth-order valence-corrected chi connectivity index (χ4v) is 4.37. The van der Waals surface area contributed by atoms with Crippen LogP contribution in [0.5, 0.6) is 0 Å². The first-order chi connectivity index (χ1) is 16.7. The van der Waals surface area contributed by atoms with E-state index in [-0.39, 0.29) is 30.5 Å². The molecule has 12 heteroatoms. The van der Waals surface area contributed by atoms with Gasteiger partial charge in [-0.25, -0.2) is 14.8 Å². The zero-order valence-electron chi connectivity index (χ0n) is 18.8. The van der Waals surface area contributed by atoms with Crippen molar-refractivity contribution in [3.8, 4) is 0 Å². The number of aliphatic carboxylic acids is 2. The zero-order chi connectivity index (χ0) is 25.1. The van der Waals surface area contributed by atoms with E-state index in [2.05, 4.69) is 25.3 Å². The molecule has 1 amide bonds. The highest BCUT2D eigenvalue weighted by molar-refractivity contribution is 5.97. The Morgan fingerprint density at radius 2 is 1.94 bits per heavy atom. The average Bonchev–Trinajstić information content (AvgIpc) is 2.81. The number of amides is 1. The van der Waals surface area contributed by atoms with Crippen LogP contribution >= 0.6 is 0 Å². The van der Waals surface area contributed by atoms with E-state index >= 15 is 0 Å². The summed E-state index contributed by atoms with van der Waals surface area (Å²) in [6, 6.07) is 4.03. The molecule has 0 spiro atoms. The first-order valence-corrected chi connectivity index (χ1v) is 11.1. The molecular formula is C23H25N7O5. The molecule has 1 aliphatic rings. The van der Waals surface area contributed by atoms with Crippen molar-refractivity contribution in [3.05, 3.63) is 46.8 Å². The maximum Gasteiger partial charge on any atom is 0.326 e. The predicted molar refractivity (Wildman–Crippen MR) is 126 cm³/mol. The number of aromatic nitrogens is 4. The molecule has 3 aromatic rings. The van der Waals surface area contributed by atoms with Crippen molar-refractivity contribution in [1.29, 1.82) is 0 Å². The van der Waals surface area contributed by atoms with Crippen molar-refractivity contribution in [2.75, 3.05) is 11.5 Å². The second-order valence-electron chi connectivity index (χ2n) is 8.50. The normalized spacial score (nSPS) is 15.8. The molecule has 0 aliphatic heterocycles. The SMILES string of the molecule is Nc1nc(N)c2nc(CC3CCCc4cc(C(=O)N[C@@H](CCC(=O)O)C(=O)O)ccc43)cnc2n1. The second-order valence-corrected chi connectivity index (χ2v) is 8.50. The quantitative estimate of drug-likeness (QED) is 0.311. The van der Waals surface area contributed by atoms with E-state index in [0.717, 1.165) is 36.1 Å². The molecule has 2 aromatic heterocycles. The van der Waals surface area contributed by atoms with Crippen LogP contribution in [0, 0.1) is 0 Å². The summed E-state index contributed by atoms with van der Waals surface area (Å²) < 4.78 is 0. The largest absolute Gasteiger partial charge is 0.481 e. The number of nitrogens with zero attached hydrogens (tertiary/aromatic N) is 4. The number of carbonyl (C=O) groups excluding carboxylic acids is 1. The maximum atomic E-state index is 12.7. The van der Waals surface area contributed by atoms with Crippen LogP contribution in [0.2, 0.25) is 0 Å². The molecule has 35 heavy (non-hydrogen) atoms.